The summed E-state index contributed by atoms with van der Waals surface area (Å²) in [6.45, 7) is 5.40. The van der Waals surface area contributed by atoms with E-state index in [9.17, 15) is 0 Å². The van der Waals surface area contributed by atoms with Gasteiger partial charge in [0.1, 0.15) is 0 Å². The second-order valence-corrected chi connectivity index (χ2v) is 5.19. The van der Waals surface area contributed by atoms with Crippen molar-refractivity contribution in [2.45, 2.75) is 26.7 Å². The smallest absolute Gasteiger partial charge is 0.0720 e. The molecule has 1 heterocycles. The predicted octanol–water partition coefficient (Wildman–Crippen LogP) is 3.38. The van der Waals surface area contributed by atoms with E-state index in [-0.39, 0.29) is 0 Å². The van der Waals surface area contributed by atoms with E-state index in [1.54, 1.807) is 0 Å². The van der Waals surface area contributed by atoms with E-state index in [1.807, 2.05) is 11.8 Å². The average Bonchev–Trinajstić information content (AvgIpc) is 2.25. The molecule has 2 heteroatoms. The van der Waals surface area contributed by atoms with E-state index >= 15 is 0 Å². The molecular formula is C13H17NS. The van der Waals surface area contributed by atoms with Crippen LogP contribution in [0.4, 0.5) is 0 Å². The van der Waals surface area contributed by atoms with E-state index in [0.717, 1.165) is 13.0 Å². The maximum absolute atomic E-state index is 4.59. The fraction of sp³-hybridized carbons (Fsp3) is 0.462. The van der Waals surface area contributed by atoms with Crippen LogP contribution >= 0.6 is 11.8 Å². The fourth-order valence-corrected chi connectivity index (χ4v) is 2.83. The van der Waals surface area contributed by atoms with Crippen molar-refractivity contribution in [1.29, 1.82) is 0 Å². The van der Waals surface area contributed by atoms with Crippen LogP contribution in [0.2, 0.25) is 0 Å². The van der Waals surface area contributed by atoms with Gasteiger partial charge in [0.05, 0.1) is 5.04 Å². The Hall–Kier alpha value is -0.760. The first-order valence-electron chi connectivity index (χ1n) is 5.48. The zero-order valence-corrected chi connectivity index (χ0v) is 10.2. The molecule has 0 radical (unpaired) electrons. The molecule has 1 nitrogen and oxygen atoms in total. The van der Waals surface area contributed by atoms with E-state index < -0.39 is 0 Å². The Morgan fingerprint density at radius 2 is 2.00 bits per heavy atom. The lowest BCUT2D eigenvalue weighted by atomic mass is 10.0. The fourth-order valence-electron chi connectivity index (χ4n) is 1.89. The molecule has 80 valence electrons. The molecule has 0 N–H and O–H groups in total. The topological polar surface area (TPSA) is 12.4 Å². The minimum absolute atomic E-state index is 1.02. The zero-order chi connectivity index (χ0) is 10.7. The van der Waals surface area contributed by atoms with Crippen molar-refractivity contribution in [3.05, 3.63) is 34.9 Å². The Labute approximate surface area is 96.0 Å². The van der Waals surface area contributed by atoms with E-state index in [1.165, 1.54) is 33.9 Å². The lowest BCUT2D eigenvalue weighted by Crippen LogP contribution is -2.08. The minimum atomic E-state index is 1.02. The van der Waals surface area contributed by atoms with Gasteiger partial charge in [-0.3, -0.25) is 4.99 Å². The van der Waals surface area contributed by atoms with Gasteiger partial charge < -0.3 is 0 Å². The predicted molar refractivity (Wildman–Crippen MR) is 69.0 cm³/mol. The quantitative estimate of drug-likeness (QED) is 0.742. The highest BCUT2D eigenvalue weighted by Gasteiger charge is 2.09. The van der Waals surface area contributed by atoms with Crippen LogP contribution in [0.3, 0.4) is 0 Å². The SMILES string of the molecule is Cc1cccc(C)c1CC1=NCCCS1. The molecule has 15 heavy (non-hydrogen) atoms. The van der Waals surface area contributed by atoms with Crippen molar-refractivity contribution < 1.29 is 0 Å². The van der Waals surface area contributed by atoms with Gasteiger partial charge in [0.15, 0.2) is 0 Å². The van der Waals surface area contributed by atoms with Gasteiger partial charge in [-0.05, 0) is 37.0 Å². The van der Waals surface area contributed by atoms with Gasteiger partial charge in [-0.1, -0.05) is 18.2 Å². The maximum atomic E-state index is 4.59. The molecule has 0 fully saturated rings. The highest BCUT2D eigenvalue weighted by Crippen LogP contribution is 2.20. The molecule has 0 saturated heterocycles. The second kappa shape index (κ2) is 4.84. The summed E-state index contributed by atoms with van der Waals surface area (Å²) >= 11 is 1.93. The number of aryl methyl sites for hydroxylation is 2. The molecule has 0 saturated carbocycles. The summed E-state index contributed by atoms with van der Waals surface area (Å²) in [5.74, 6) is 1.24. The minimum Gasteiger partial charge on any atom is -0.283 e. The number of hydrogen-bond donors (Lipinski definition) is 0. The third-order valence-electron chi connectivity index (χ3n) is 2.83. The standard InChI is InChI=1S/C13H17NS/c1-10-5-3-6-11(2)12(10)9-13-14-7-4-8-15-13/h3,5-6H,4,7-9H2,1-2H3. The van der Waals surface area contributed by atoms with Gasteiger partial charge in [-0.25, -0.2) is 0 Å². The first-order valence-corrected chi connectivity index (χ1v) is 6.47. The zero-order valence-electron chi connectivity index (χ0n) is 9.42. The van der Waals surface area contributed by atoms with Crippen molar-refractivity contribution in [2.75, 3.05) is 12.3 Å². The first kappa shape index (κ1) is 10.7. The molecule has 0 atom stereocenters. The molecule has 0 aromatic heterocycles. The number of nitrogens with zero attached hydrogens (tertiary/aromatic N) is 1. The van der Waals surface area contributed by atoms with Crippen molar-refractivity contribution in [1.82, 2.24) is 0 Å². The van der Waals surface area contributed by atoms with E-state index in [2.05, 4.69) is 37.0 Å². The molecule has 0 bridgehead atoms. The van der Waals surface area contributed by atoms with Gasteiger partial charge in [-0.2, -0.15) is 0 Å². The molecule has 1 aliphatic heterocycles. The monoisotopic (exact) mass is 219 g/mol. The van der Waals surface area contributed by atoms with E-state index in [4.69, 9.17) is 0 Å². The summed E-state index contributed by atoms with van der Waals surface area (Å²) in [6, 6.07) is 6.51. The van der Waals surface area contributed by atoms with Crippen molar-refractivity contribution in [2.24, 2.45) is 4.99 Å². The highest BCUT2D eigenvalue weighted by atomic mass is 32.2. The number of thioether (sulfide) groups is 1. The lowest BCUT2D eigenvalue weighted by Gasteiger charge is -2.14. The third-order valence-corrected chi connectivity index (χ3v) is 3.93. The van der Waals surface area contributed by atoms with Crippen molar-refractivity contribution in [3.8, 4) is 0 Å². The van der Waals surface area contributed by atoms with Crippen LogP contribution in [0.1, 0.15) is 23.1 Å². The van der Waals surface area contributed by atoms with Crippen LogP contribution in [0, 0.1) is 13.8 Å². The van der Waals surface area contributed by atoms with Gasteiger partial charge >= 0.3 is 0 Å². The van der Waals surface area contributed by atoms with Crippen LogP contribution in [0.25, 0.3) is 0 Å². The molecular weight excluding hydrogens is 202 g/mol. The van der Waals surface area contributed by atoms with Crippen LogP contribution in [-0.2, 0) is 6.42 Å². The molecule has 1 aromatic carbocycles. The molecule has 1 aromatic rings. The van der Waals surface area contributed by atoms with Gasteiger partial charge in [0, 0.05) is 18.7 Å². The second-order valence-electron chi connectivity index (χ2n) is 4.02. The number of rotatable bonds is 2. The molecule has 0 unspecified atom stereocenters. The molecule has 0 amide bonds. The van der Waals surface area contributed by atoms with Crippen LogP contribution < -0.4 is 0 Å². The Bertz CT molecular complexity index is 362. The summed E-state index contributed by atoms with van der Waals surface area (Å²) in [5.41, 5.74) is 4.25. The Morgan fingerprint density at radius 3 is 2.60 bits per heavy atom. The van der Waals surface area contributed by atoms with Crippen LogP contribution in [0.5, 0.6) is 0 Å². The van der Waals surface area contributed by atoms with Crippen LogP contribution in [0.15, 0.2) is 23.2 Å². The van der Waals surface area contributed by atoms with Gasteiger partial charge in [0.25, 0.3) is 0 Å². The average molecular weight is 219 g/mol. The number of aliphatic imine (C=N–C) groups is 1. The molecule has 0 aliphatic carbocycles. The molecule has 0 spiro atoms. The lowest BCUT2D eigenvalue weighted by molar-refractivity contribution is 0.932. The van der Waals surface area contributed by atoms with Crippen molar-refractivity contribution in [3.63, 3.8) is 0 Å². The highest BCUT2D eigenvalue weighted by molar-refractivity contribution is 8.14. The van der Waals surface area contributed by atoms with Gasteiger partial charge in [-0.15, -0.1) is 11.8 Å². The third kappa shape index (κ3) is 2.63. The number of hydrogen-bond acceptors (Lipinski definition) is 2. The normalized spacial score (nSPS) is 16.3. The van der Waals surface area contributed by atoms with Gasteiger partial charge in [0.2, 0.25) is 0 Å². The summed E-state index contributed by atoms with van der Waals surface area (Å²) in [5, 5.41) is 1.32. The summed E-state index contributed by atoms with van der Waals surface area (Å²) in [6.07, 6.45) is 2.27. The first-order chi connectivity index (χ1) is 7.27. The Kier molecular flexibility index (Phi) is 3.47. The number of benzene rings is 1. The summed E-state index contributed by atoms with van der Waals surface area (Å²) in [4.78, 5) is 4.59. The van der Waals surface area contributed by atoms with Crippen molar-refractivity contribution >= 4 is 16.8 Å². The maximum Gasteiger partial charge on any atom is 0.0720 e. The Morgan fingerprint density at radius 1 is 1.27 bits per heavy atom. The van der Waals surface area contributed by atoms with Crippen LogP contribution in [-0.4, -0.2) is 17.3 Å². The molecule has 2 rings (SSSR count). The summed E-state index contributed by atoms with van der Waals surface area (Å²) < 4.78 is 0. The summed E-state index contributed by atoms with van der Waals surface area (Å²) in [7, 11) is 0. The largest absolute Gasteiger partial charge is 0.283 e. The Balaban J connectivity index is 2.19. The van der Waals surface area contributed by atoms with E-state index in [0.29, 0.717) is 0 Å². The molecule has 1 aliphatic rings.